The van der Waals surface area contributed by atoms with E-state index in [1.807, 2.05) is 44.2 Å². The van der Waals surface area contributed by atoms with Crippen LogP contribution in [0.5, 0.6) is 0 Å². The molecule has 7 heteroatoms. The largest absolute Gasteiger partial charge is 0.352 e. The normalized spacial score (nSPS) is 12.6. The molecular weight excluding hydrogens is 486 g/mol. The van der Waals surface area contributed by atoms with Gasteiger partial charge in [-0.3, -0.25) is 9.59 Å². The summed E-state index contributed by atoms with van der Waals surface area (Å²) in [6.07, 6.45) is 1.12. The van der Waals surface area contributed by atoms with Gasteiger partial charge < -0.3 is 10.2 Å². The van der Waals surface area contributed by atoms with Crippen molar-refractivity contribution in [2.75, 3.05) is 0 Å². The minimum atomic E-state index is -0.772. The monoisotopic (exact) mass is 514 g/mol. The molecule has 35 heavy (non-hydrogen) atoms. The maximum atomic E-state index is 13.7. The van der Waals surface area contributed by atoms with Crippen molar-refractivity contribution in [1.29, 1.82) is 0 Å². The molecule has 2 atom stereocenters. The molecule has 0 saturated carbocycles. The first-order chi connectivity index (χ1) is 16.8. The highest BCUT2D eigenvalue weighted by atomic mass is 35.5. The Labute approximate surface area is 216 Å². The van der Waals surface area contributed by atoms with Crippen LogP contribution < -0.4 is 5.32 Å². The summed E-state index contributed by atoms with van der Waals surface area (Å²) in [5, 5.41) is 3.93. The summed E-state index contributed by atoms with van der Waals surface area (Å²) in [4.78, 5) is 28.7. The van der Waals surface area contributed by atoms with E-state index in [1.54, 1.807) is 35.2 Å². The van der Waals surface area contributed by atoms with E-state index in [-0.39, 0.29) is 36.6 Å². The van der Waals surface area contributed by atoms with Crippen LogP contribution in [0, 0.1) is 5.82 Å². The molecule has 3 rings (SSSR count). The molecule has 184 valence electrons. The number of hydrogen-bond donors (Lipinski definition) is 1. The van der Waals surface area contributed by atoms with Crippen LogP contribution in [0.1, 0.15) is 37.0 Å². The molecule has 0 heterocycles. The molecule has 0 bridgehead atoms. The van der Waals surface area contributed by atoms with Crippen molar-refractivity contribution in [3.8, 4) is 0 Å². The first-order valence-corrected chi connectivity index (χ1v) is 12.3. The maximum Gasteiger partial charge on any atom is 0.243 e. The fraction of sp³-hybridized carbons (Fsp3) is 0.286. The molecule has 3 aromatic carbocycles. The zero-order valence-corrected chi connectivity index (χ0v) is 21.3. The molecular formula is C28H29Cl2FN2O2. The van der Waals surface area contributed by atoms with Crippen LogP contribution in [0.4, 0.5) is 4.39 Å². The Morgan fingerprint density at radius 3 is 2.29 bits per heavy atom. The number of hydrogen-bond acceptors (Lipinski definition) is 2. The average Bonchev–Trinajstić information content (AvgIpc) is 2.84. The van der Waals surface area contributed by atoms with Crippen molar-refractivity contribution >= 4 is 35.0 Å². The number of nitrogens with zero attached hydrogens (tertiary/aromatic N) is 1. The molecule has 0 aliphatic carbocycles. The van der Waals surface area contributed by atoms with E-state index < -0.39 is 6.04 Å². The number of rotatable bonds is 10. The van der Waals surface area contributed by atoms with E-state index in [0.29, 0.717) is 27.6 Å². The zero-order chi connectivity index (χ0) is 25.4. The van der Waals surface area contributed by atoms with Gasteiger partial charge in [0.05, 0.1) is 6.42 Å². The molecule has 0 aliphatic heterocycles. The van der Waals surface area contributed by atoms with Gasteiger partial charge in [0.25, 0.3) is 0 Å². The van der Waals surface area contributed by atoms with Gasteiger partial charge >= 0.3 is 0 Å². The van der Waals surface area contributed by atoms with Crippen LogP contribution in [0.2, 0.25) is 10.0 Å². The third-order valence-corrected chi connectivity index (χ3v) is 6.48. The predicted octanol–water partition coefficient (Wildman–Crippen LogP) is 6.23. The minimum Gasteiger partial charge on any atom is -0.352 e. The van der Waals surface area contributed by atoms with Crippen LogP contribution in [-0.2, 0) is 29.0 Å². The topological polar surface area (TPSA) is 49.4 Å². The van der Waals surface area contributed by atoms with Gasteiger partial charge in [0, 0.05) is 29.1 Å². The van der Waals surface area contributed by atoms with E-state index in [2.05, 4.69) is 5.32 Å². The Kier molecular flexibility index (Phi) is 9.70. The molecule has 3 aromatic rings. The highest BCUT2D eigenvalue weighted by molar-refractivity contribution is 6.35. The molecule has 0 fully saturated rings. The molecule has 0 unspecified atom stereocenters. The summed E-state index contributed by atoms with van der Waals surface area (Å²) in [5.74, 6) is -0.871. The summed E-state index contributed by atoms with van der Waals surface area (Å²) in [5.41, 5.74) is 2.26. The lowest BCUT2D eigenvalue weighted by atomic mass is 10.0. The third kappa shape index (κ3) is 7.81. The Hall–Kier alpha value is -2.89. The Bertz CT molecular complexity index is 1140. The summed E-state index contributed by atoms with van der Waals surface area (Å²) >= 11 is 12.5. The summed E-state index contributed by atoms with van der Waals surface area (Å²) in [6.45, 7) is 4.04. The van der Waals surface area contributed by atoms with E-state index in [9.17, 15) is 14.0 Å². The van der Waals surface area contributed by atoms with Gasteiger partial charge in [-0.25, -0.2) is 4.39 Å². The lowest BCUT2D eigenvalue weighted by molar-refractivity contribution is -0.141. The van der Waals surface area contributed by atoms with Crippen molar-refractivity contribution in [3.63, 3.8) is 0 Å². The molecule has 0 aromatic heterocycles. The molecule has 0 saturated heterocycles. The summed E-state index contributed by atoms with van der Waals surface area (Å²) < 4.78 is 13.4. The molecule has 1 N–H and O–H groups in total. The van der Waals surface area contributed by atoms with Crippen LogP contribution in [0.3, 0.4) is 0 Å². The molecule has 4 nitrogen and oxygen atoms in total. The summed E-state index contributed by atoms with van der Waals surface area (Å²) in [6, 6.07) is 19.6. The smallest absolute Gasteiger partial charge is 0.243 e. The fourth-order valence-electron chi connectivity index (χ4n) is 3.71. The Morgan fingerprint density at radius 1 is 0.971 bits per heavy atom. The SMILES string of the molecule is CC[C@H](C)NC(=O)[C@@H](Cc1ccccc1)N(Cc1ccc(Cl)cc1Cl)C(=O)Cc1ccc(F)cc1. The van der Waals surface area contributed by atoms with Gasteiger partial charge in [-0.15, -0.1) is 0 Å². The highest BCUT2D eigenvalue weighted by Gasteiger charge is 2.31. The molecule has 0 radical (unpaired) electrons. The van der Waals surface area contributed by atoms with Crippen LogP contribution in [0.15, 0.2) is 72.8 Å². The zero-order valence-electron chi connectivity index (χ0n) is 19.8. The number of amides is 2. The quantitative estimate of drug-likeness (QED) is 0.348. The van der Waals surface area contributed by atoms with Crippen molar-refractivity contribution < 1.29 is 14.0 Å². The number of carbonyl (C=O) groups is 2. The molecule has 2 amide bonds. The number of halogens is 3. The van der Waals surface area contributed by atoms with Crippen molar-refractivity contribution in [1.82, 2.24) is 10.2 Å². The number of nitrogens with one attached hydrogen (secondary N) is 1. The number of carbonyl (C=O) groups excluding carboxylic acids is 2. The van der Waals surface area contributed by atoms with Gasteiger partial charge in [0.1, 0.15) is 11.9 Å². The van der Waals surface area contributed by atoms with Gasteiger partial charge in [-0.1, -0.05) is 78.7 Å². The average molecular weight is 515 g/mol. The van der Waals surface area contributed by atoms with E-state index in [1.165, 1.54) is 12.1 Å². The first kappa shape index (κ1) is 26.7. The Balaban J connectivity index is 1.99. The van der Waals surface area contributed by atoms with Crippen molar-refractivity contribution in [2.45, 2.75) is 51.7 Å². The van der Waals surface area contributed by atoms with Crippen LogP contribution in [-0.4, -0.2) is 28.8 Å². The van der Waals surface area contributed by atoms with Gasteiger partial charge in [0.15, 0.2) is 0 Å². The first-order valence-electron chi connectivity index (χ1n) is 11.6. The van der Waals surface area contributed by atoms with Gasteiger partial charge in [-0.2, -0.15) is 0 Å². The van der Waals surface area contributed by atoms with E-state index >= 15 is 0 Å². The second kappa shape index (κ2) is 12.7. The van der Waals surface area contributed by atoms with Crippen molar-refractivity contribution in [2.24, 2.45) is 0 Å². The lowest BCUT2D eigenvalue weighted by Gasteiger charge is -2.32. The standard InChI is InChI=1S/C28H29Cl2FN2O2/c1-3-19(2)32-28(35)26(15-20-7-5-4-6-8-20)33(18-22-11-12-23(29)17-25(22)30)27(34)16-21-9-13-24(31)14-10-21/h4-14,17,19,26H,3,15-16,18H2,1-2H3,(H,32,35)/t19-,26+/m0/s1. The van der Waals surface area contributed by atoms with E-state index in [4.69, 9.17) is 23.2 Å². The third-order valence-electron chi connectivity index (χ3n) is 5.90. The van der Waals surface area contributed by atoms with Crippen molar-refractivity contribution in [3.05, 3.63) is 105 Å². The lowest BCUT2D eigenvalue weighted by Crippen LogP contribution is -2.52. The highest BCUT2D eigenvalue weighted by Crippen LogP contribution is 2.24. The number of benzene rings is 3. The second-order valence-corrected chi connectivity index (χ2v) is 9.43. The molecule has 0 aliphatic rings. The maximum absolute atomic E-state index is 13.7. The second-order valence-electron chi connectivity index (χ2n) is 8.58. The summed E-state index contributed by atoms with van der Waals surface area (Å²) in [7, 11) is 0. The predicted molar refractivity (Wildman–Crippen MR) is 139 cm³/mol. The fourth-order valence-corrected chi connectivity index (χ4v) is 4.18. The van der Waals surface area contributed by atoms with E-state index in [0.717, 1.165) is 12.0 Å². The van der Waals surface area contributed by atoms with Crippen LogP contribution >= 0.6 is 23.2 Å². The van der Waals surface area contributed by atoms with Gasteiger partial charge in [0.2, 0.25) is 11.8 Å². The van der Waals surface area contributed by atoms with Gasteiger partial charge in [-0.05, 0) is 54.3 Å². The van der Waals surface area contributed by atoms with Crippen LogP contribution in [0.25, 0.3) is 0 Å². The minimum absolute atomic E-state index is 0.0212. The molecule has 0 spiro atoms. The Morgan fingerprint density at radius 2 is 1.66 bits per heavy atom.